The molecule has 0 heterocycles. The van der Waals surface area contributed by atoms with Crippen molar-refractivity contribution in [1.29, 1.82) is 0 Å². The fourth-order valence-electron chi connectivity index (χ4n) is 2.79. The molecule has 2 aliphatic rings. The van der Waals surface area contributed by atoms with Gasteiger partial charge in [-0.05, 0) is 36.9 Å². The molecule has 0 bridgehead atoms. The first kappa shape index (κ1) is 11.3. The molecule has 2 aliphatic carbocycles. The Hall–Kier alpha value is 0.830. The van der Waals surface area contributed by atoms with Crippen LogP contribution >= 0.6 is 27.7 Å². The summed E-state index contributed by atoms with van der Waals surface area (Å²) in [5, 5.41) is 2.24. The van der Waals surface area contributed by atoms with Crippen LogP contribution in [0.1, 0.15) is 51.4 Å². The van der Waals surface area contributed by atoms with E-state index in [0.717, 1.165) is 5.25 Å². The van der Waals surface area contributed by atoms with Crippen LogP contribution in [0, 0.1) is 5.41 Å². The SMILES string of the molecule is BrCC1(CSC2CCCC2)CCCC1. The normalized spacial score (nSPS) is 27.2. The van der Waals surface area contributed by atoms with Crippen molar-refractivity contribution >= 4 is 27.7 Å². The van der Waals surface area contributed by atoms with E-state index >= 15 is 0 Å². The first-order chi connectivity index (χ1) is 6.85. The Bertz CT molecular complexity index is 169. The lowest BCUT2D eigenvalue weighted by molar-refractivity contribution is 0.405. The lowest BCUT2D eigenvalue weighted by Gasteiger charge is -2.27. The molecule has 0 aromatic heterocycles. The topological polar surface area (TPSA) is 0 Å². The average molecular weight is 277 g/mol. The molecule has 0 aliphatic heterocycles. The van der Waals surface area contributed by atoms with E-state index in [0.29, 0.717) is 5.41 Å². The molecule has 0 unspecified atom stereocenters. The van der Waals surface area contributed by atoms with Gasteiger partial charge in [0.1, 0.15) is 0 Å². The van der Waals surface area contributed by atoms with Crippen molar-refractivity contribution in [3.63, 3.8) is 0 Å². The highest BCUT2D eigenvalue weighted by Crippen LogP contribution is 2.44. The maximum absolute atomic E-state index is 3.73. The van der Waals surface area contributed by atoms with Gasteiger partial charge in [-0.15, -0.1) is 0 Å². The third kappa shape index (κ3) is 2.69. The van der Waals surface area contributed by atoms with Gasteiger partial charge in [-0.2, -0.15) is 11.8 Å². The van der Waals surface area contributed by atoms with Crippen LogP contribution in [0.15, 0.2) is 0 Å². The summed E-state index contributed by atoms with van der Waals surface area (Å²) in [7, 11) is 0. The van der Waals surface area contributed by atoms with E-state index in [1.807, 2.05) is 0 Å². The Morgan fingerprint density at radius 2 is 1.71 bits per heavy atom. The van der Waals surface area contributed by atoms with Gasteiger partial charge in [-0.3, -0.25) is 0 Å². The smallest absolute Gasteiger partial charge is 0.00958 e. The number of alkyl halides is 1. The van der Waals surface area contributed by atoms with Gasteiger partial charge in [0.05, 0.1) is 0 Å². The molecule has 2 saturated carbocycles. The van der Waals surface area contributed by atoms with Gasteiger partial charge in [0, 0.05) is 10.6 Å². The maximum atomic E-state index is 3.73. The van der Waals surface area contributed by atoms with Crippen molar-refractivity contribution in [2.45, 2.75) is 56.6 Å². The van der Waals surface area contributed by atoms with Crippen molar-refractivity contribution in [1.82, 2.24) is 0 Å². The molecule has 0 saturated heterocycles. The zero-order valence-corrected chi connectivity index (χ0v) is 11.3. The minimum absolute atomic E-state index is 0.674. The molecule has 14 heavy (non-hydrogen) atoms. The van der Waals surface area contributed by atoms with Gasteiger partial charge in [0.15, 0.2) is 0 Å². The van der Waals surface area contributed by atoms with E-state index in [1.54, 1.807) is 0 Å². The summed E-state index contributed by atoms with van der Waals surface area (Å²) in [4.78, 5) is 0. The molecule has 0 spiro atoms. The molecule has 0 radical (unpaired) electrons. The van der Waals surface area contributed by atoms with Gasteiger partial charge < -0.3 is 0 Å². The number of halogens is 1. The highest BCUT2D eigenvalue weighted by molar-refractivity contribution is 9.09. The lowest BCUT2D eigenvalue weighted by Crippen LogP contribution is -2.22. The van der Waals surface area contributed by atoms with E-state index in [9.17, 15) is 0 Å². The Morgan fingerprint density at radius 1 is 1.07 bits per heavy atom. The van der Waals surface area contributed by atoms with Crippen LogP contribution in [0.3, 0.4) is 0 Å². The third-order valence-corrected chi connectivity index (χ3v) is 6.79. The fourth-order valence-corrected chi connectivity index (χ4v) is 5.46. The van der Waals surface area contributed by atoms with Gasteiger partial charge in [-0.25, -0.2) is 0 Å². The summed E-state index contributed by atoms with van der Waals surface area (Å²) in [6.07, 6.45) is 11.8. The van der Waals surface area contributed by atoms with Crippen LogP contribution in [0.2, 0.25) is 0 Å². The quantitative estimate of drug-likeness (QED) is 0.676. The summed E-state index contributed by atoms with van der Waals surface area (Å²) in [5.41, 5.74) is 0.674. The second-order valence-electron chi connectivity index (χ2n) is 5.06. The van der Waals surface area contributed by atoms with Crippen molar-refractivity contribution in [2.75, 3.05) is 11.1 Å². The fraction of sp³-hybridized carbons (Fsp3) is 1.00. The number of hydrogen-bond donors (Lipinski definition) is 0. The Kier molecular flexibility index (Phi) is 4.24. The molecular formula is C12H21BrS. The van der Waals surface area contributed by atoms with Crippen LogP contribution in [0.4, 0.5) is 0 Å². The monoisotopic (exact) mass is 276 g/mol. The van der Waals surface area contributed by atoms with Gasteiger partial charge >= 0.3 is 0 Å². The van der Waals surface area contributed by atoms with Crippen molar-refractivity contribution < 1.29 is 0 Å². The standard InChI is InChI=1S/C12H21BrS/c13-9-12(7-3-4-8-12)10-14-11-5-1-2-6-11/h11H,1-10H2. The van der Waals surface area contributed by atoms with Crippen molar-refractivity contribution in [3.05, 3.63) is 0 Å². The second kappa shape index (κ2) is 5.25. The molecular weight excluding hydrogens is 256 g/mol. The predicted octanol–water partition coefficient (Wildman–Crippen LogP) is 4.62. The minimum Gasteiger partial charge on any atom is -0.158 e. The number of hydrogen-bond acceptors (Lipinski definition) is 1. The molecule has 0 aromatic carbocycles. The van der Waals surface area contributed by atoms with Crippen LogP contribution in [-0.4, -0.2) is 16.3 Å². The summed E-state index contributed by atoms with van der Waals surface area (Å²) in [6, 6.07) is 0. The zero-order chi connectivity index (χ0) is 9.86. The van der Waals surface area contributed by atoms with Crippen molar-refractivity contribution in [3.8, 4) is 0 Å². The lowest BCUT2D eigenvalue weighted by atomic mass is 9.92. The minimum atomic E-state index is 0.674. The summed E-state index contributed by atoms with van der Waals surface area (Å²) in [5.74, 6) is 1.42. The molecule has 82 valence electrons. The molecule has 0 amide bonds. The molecule has 0 atom stereocenters. The summed E-state index contributed by atoms with van der Waals surface area (Å²) < 4.78 is 0. The van der Waals surface area contributed by atoms with E-state index in [1.165, 1.54) is 62.4 Å². The second-order valence-corrected chi connectivity index (χ2v) is 6.91. The Balaban J connectivity index is 1.76. The van der Waals surface area contributed by atoms with Gasteiger partial charge in [0.2, 0.25) is 0 Å². The molecule has 2 heteroatoms. The molecule has 0 N–H and O–H groups in total. The summed E-state index contributed by atoms with van der Waals surface area (Å²) in [6.45, 7) is 0. The largest absolute Gasteiger partial charge is 0.158 e. The molecule has 2 fully saturated rings. The van der Waals surface area contributed by atoms with Crippen LogP contribution in [-0.2, 0) is 0 Å². The van der Waals surface area contributed by atoms with Crippen LogP contribution in [0.5, 0.6) is 0 Å². The van der Waals surface area contributed by atoms with Crippen molar-refractivity contribution in [2.24, 2.45) is 5.41 Å². The van der Waals surface area contributed by atoms with E-state index in [2.05, 4.69) is 27.7 Å². The molecule has 0 nitrogen and oxygen atoms in total. The maximum Gasteiger partial charge on any atom is 0.00958 e. The highest BCUT2D eigenvalue weighted by Gasteiger charge is 2.33. The zero-order valence-electron chi connectivity index (χ0n) is 8.93. The van der Waals surface area contributed by atoms with Gasteiger partial charge in [0.25, 0.3) is 0 Å². The van der Waals surface area contributed by atoms with Crippen LogP contribution < -0.4 is 0 Å². The van der Waals surface area contributed by atoms with E-state index in [-0.39, 0.29) is 0 Å². The first-order valence-corrected chi connectivity index (χ1v) is 8.19. The predicted molar refractivity (Wildman–Crippen MR) is 69.4 cm³/mol. The number of thioether (sulfide) groups is 1. The Labute approximate surface area is 101 Å². The third-order valence-electron chi connectivity index (χ3n) is 3.88. The highest BCUT2D eigenvalue weighted by atomic mass is 79.9. The van der Waals surface area contributed by atoms with Crippen LogP contribution in [0.25, 0.3) is 0 Å². The summed E-state index contributed by atoms with van der Waals surface area (Å²) >= 11 is 6.00. The first-order valence-electron chi connectivity index (χ1n) is 6.02. The molecule has 0 aromatic rings. The number of rotatable bonds is 4. The van der Waals surface area contributed by atoms with E-state index < -0.39 is 0 Å². The van der Waals surface area contributed by atoms with Gasteiger partial charge in [-0.1, -0.05) is 41.6 Å². The molecule has 2 rings (SSSR count). The van der Waals surface area contributed by atoms with E-state index in [4.69, 9.17) is 0 Å². The Morgan fingerprint density at radius 3 is 2.29 bits per heavy atom. The average Bonchev–Trinajstić information content (AvgIpc) is 2.87.